The van der Waals surface area contributed by atoms with Crippen molar-refractivity contribution in [3.63, 3.8) is 0 Å². The number of hydrogen-bond donors (Lipinski definition) is 0. The summed E-state index contributed by atoms with van der Waals surface area (Å²) in [6, 6.07) is 0. The van der Waals surface area contributed by atoms with Crippen molar-refractivity contribution in [1.29, 1.82) is 0 Å². The Labute approximate surface area is 123 Å². The molecule has 0 amide bonds. The molecule has 0 spiro atoms. The minimum atomic E-state index is -5.92. The minimum Gasteiger partial charge on any atom is -0.381 e. The lowest BCUT2D eigenvalue weighted by atomic mass is 9.77. The molecule has 22 heavy (non-hydrogen) atoms. The van der Waals surface area contributed by atoms with Gasteiger partial charge < -0.3 is 4.74 Å². The summed E-state index contributed by atoms with van der Waals surface area (Å²) in [6.45, 7) is 0. The van der Waals surface area contributed by atoms with Crippen LogP contribution in [0, 0.1) is 17.8 Å². The molecule has 2 bridgehead atoms. The summed E-state index contributed by atoms with van der Waals surface area (Å²) >= 11 is 0. The Balaban J connectivity index is 2.58. The van der Waals surface area contributed by atoms with Gasteiger partial charge in [0.05, 0.1) is 6.10 Å². The molecule has 0 aromatic rings. The molecule has 3 nitrogen and oxygen atoms in total. The third kappa shape index (κ3) is 2.24. The molecule has 0 radical (unpaired) electrons. The maximum atomic E-state index is 13.4. The molecule has 2 aliphatic carbocycles. The van der Waals surface area contributed by atoms with Crippen LogP contribution in [0.25, 0.3) is 0 Å². The molecule has 2 rings (SSSR count). The summed E-state index contributed by atoms with van der Waals surface area (Å²) in [5.74, 6) is -3.45. The second-order valence-electron chi connectivity index (χ2n) is 6.11. The standard InChI is InChI=1S/C12H16F6O3S/c1-21-9-5-6-3-7(9)4-8(6)10(11(13,14)15,12(16,17)18)22(2,19)20/h6-9H,3-5H2,1-2H3. The number of fused-ring (bicyclic) bond motifs is 2. The molecule has 130 valence electrons. The van der Waals surface area contributed by atoms with Gasteiger partial charge in [0.1, 0.15) is 0 Å². The summed E-state index contributed by atoms with van der Waals surface area (Å²) < 4.78 is 104. The normalized spacial score (nSPS) is 33.5. The van der Waals surface area contributed by atoms with Gasteiger partial charge in [-0.25, -0.2) is 8.42 Å². The largest absolute Gasteiger partial charge is 0.417 e. The zero-order chi connectivity index (χ0) is 17.1. The lowest BCUT2D eigenvalue weighted by Gasteiger charge is -2.43. The average Bonchev–Trinajstić information content (AvgIpc) is 2.82. The molecular formula is C12H16F6O3S. The topological polar surface area (TPSA) is 43.4 Å². The van der Waals surface area contributed by atoms with Crippen LogP contribution >= 0.6 is 0 Å². The third-order valence-electron chi connectivity index (χ3n) is 5.04. The van der Waals surface area contributed by atoms with Gasteiger partial charge in [-0.15, -0.1) is 0 Å². The van der Waals surface area contributed by atoms with Crippen molar-refractivity contribution >= 4 is 9.84 Å². The van der Waals surface area contributed by atoms with Gasteiger partial charge in [0.15, 0.2) is 9.84 Å². The van der Waals surface area contributed by atoms with Crippen molar-refractivity contribution in [3.8, 4) is 0 Å². The zero-order valence-corrected chi connectivity index (χ0v) is 12.6. The van der Waals surface area contributed by atoms with Crippen molar-refractivity contribution in [3.05, 3.63) is 0 Å². The monoisotopic (exact) mass is 354 g/mol. The van der Waals surface area contributed by atoms with Crippen molar-refractivity contribution in [2.45, 2.75) is 42.5 Å². The summed E-state index contributed by atoms with van der Waals surface area (Å²) in [7, 11) is -4.12. The highest BCUT2D eigenvalue weighted by atomic mass is 32.2. The summed E-state index contributed by atoms with van der Waals surface area (Å²) in [6.07, 6.45) is -12.5. The molecule has 2 saturated carbocycles. The number of rotatable bonds is 3. The Bertz CT molecular complexity index is 524. The fourth-order valence-electron chi connectivity index (χ4n) is 4.29. The van der Waals surface area contributed by atoms with Gasteiger partial charge in [-0.2, -0.15) is 26.3 Å². The quantitative estimate of drug-likeness (QED) is 0.732. The lowest BCUT2D eigenvalue weighted by Crippen LogP contribution is -2.67. The van der Waals surface area contributed by atoms with E-state index < -0.39 is 57.2 Å². The van der Waals surface area contributed by atoms with E-state index >= 15 is 0 Å². The molecular weight excluding hydrogens is 338 g/mol. The van der Waals surface area contributed by atoms with Crippen LogP contribution in [-0.4, -0.2) is 45.0 Å². The predicted molar refractivity (Wildman–Crippen MR) is 64.8 cm³/mol. The van der Waals surface area contributed by atoms with Crippen LogP contribution in [0.2, 0.25) is 0 Å². The van der Waals surface area contributed by atoms with Crippen LogP contribution in [-0.2, 0) is 14.6 Å². The SMILES string of the molecule is COC1CC2CC1CC2C(C(F)(F)F)(C(F)(F)F)S(C)(=O)=O. The van der Waals surface area contributed by atoms with Crippen LogP contribution in [0.15, 0.2) is 0 Å². The highest BCUT2D eigenvalue weighted by Crippen LogP contribution is 2.63. The van der Waals surface area contributed by atoms with E-state index in [1.807, 2.05) is 0 Å². The van der Waals surface area contributed by atoms with Gasteiger partial charge in [0.2, 0.25) is 0 Å². The molecule has 10 heteroatoms. The maximum Gasteiger partial charge on any atom is 0.417 e. The Morgan fingerprint density at radius 3 is 1.68 bits per heavy atom. The summed E-state index contributed by atoms with van der Waals surface area (Å²) in [5, 5.41) is 0. The molecule has 4 unspecified atom stereocenters. The van der Waals surface area contributed by atoms with Gasteiger partial charge in [-0.05, 0) is 37.0 Å². The Kier molecular flexibility index (Phi) is 4.05. The maximum absolute atomic E-state index is 13.4. The molecule has 2 aliphatic rings. The van der Waals surface area contributed by atoms with Crippen LogP contribution in [0.1, 0.15) is 19.3 Å². The minimum absolute atomic E-state index is 0.0216. The predicted octanol–water partition coefficient (Wildman–Crippen LogP) is 2.96. The molecule has 0 aromatic carbocycles. The van der Waals surface area contributed by atoms with E-state index in [2.05, 4.69) is 0 Å². The molecule has 0 N–H and O–H groups in total. The zero-order valence-electron chi connectivity index (χ0n) is 11.8. The first-order valence-corrected chi connectivity index (χ1v) is 8.52. The highest BCUT2D eigenvalue weighted by molar-refractivity contribution is 7.92. The second-order valence-corrected chi connectivity index (χ2v) is 8.30. The molecule has 2 fully saturated rings. The van der Waals surface area contributed by atoms with Crippen LogP contribution < -0.4 is 0 Å². The molecule has 0 saturated heterocycles. The summed E-state index contributed by atoms with van der Waals surface area (Å²) in [4.78, 5) is 0. The van der Waals surface area contributed by atoms with Gasteiger partial charge in [-0.3, -0.25) is 0 Å². The molecule has 0 aromatic heterocycles. The molecule has 0 heterocycles. The lowest BCUT2D eigenvalue weighted by molar-refractivity contribution is -0.285. The van der Waals surface area contributed by atoms with E-state index in [-0.39, 0.29) is 19.1 Å². The number of alkyl halides is 6. The van der Waals surface area contributed by atoms with E-state index in [4.69, 9.17) is 4.74 Å². The third-order valence-corrected chi connectivity index (χ3v) is 6.98. The first-order chi connectivity index (χ1) is 9.77. The number of ether oxygens (including phenoxy) is 1. The number of sulfone groups is 1. The number of hydrogen-bond acceptors (Lipinski definition) is 3. The molecule has 0 aliphatic heterocycles. The Morgan fingerprint density at radius 1 is 0.909 bits per heavy atom. The Morgan fingerprint density at radius 2 is 1.41 bits per heavy atom. The van der Waals surface area contributed by atoms with E-state index in [1.165, 1.54) is 7.11 Å². The van der Waals surface area contributed by atoms with E-state index in [0.717, 1.165) is 0 Å². The van der Waals surface area contributed by atoms with Crippen molar-refractivity contribution in [2.24, 2.45) is 17.8 Å². The number of halogens is 6. The fourth-order valence-corrected chi connectivity index (χ4v) is 5.97. The average molecular weight is 354 g/mol. The van der Waals surface area contributed by atoms with Gasteiger partial charge in [-0.1, -0.05) is 0 Å². The fraction of sp³-hybridized carbons (Fsp3) is 1.00. The Hall–Kier alpha value is -0.510. The summed E-state index contributed by atoms with van der Waals surface area (Å²) in [5.41, 5.74) is 0. The van der Waals surface area contributed by atoms with Gasteiger partial charge in [0.25, 0.3) is 4.75 Å². The van der Waals surface area contributed by atoms with Crippen molar-refractivity contribution in [1.82, 2.24) is 0 Å². The van der Waals surface area contributed by atoms with E-state index in [1.54, 1.807) is 0 Å². The highest BCUT2D eigenvalue weighted by Gasteiger charge is 2.82. The van der Waals surface area contributed by atoms with Crippen LogP contribution in [0.5, 0.6) is 0 Å². The number of methoxy groups -OCH3 is 1. The smallest absolute Gasteiger partial charge is 0.381 e. The van der Waals surface area contributed by atoms with E-state index in [0.29, 0.717) is 0 Å². The van der Waals surface area contributed by atoms with E-state index in [9.17, 15) is 34.8 Å². The van der Waals surface area contributed by atoms with Gasteiger partial charge in [0, 0.05) is 13.4 Å². The van der Waals surface area contributed by atoms with Crippen molar-refractivity contribution < 1.29 is 39.5 Å². The van der Waals surface area contributed by atoms with Gasteiger partial charge >= 0.3 is 12.4 Å². The van der Waals surface area contributed by atoms with Crippen LogP contribution in [0.3, 0.4) is 0 Å². The second kappa shape index (κ2) is 4.99. The first kappa shape index (κ1) is 17.8. The first-order valence-electron chi connectivity index (χ1n) is 6.63. The van der Waals surface area contributed by atoms with Crippen molar-refractivity contribution in [2.75, 3.05) is 13.4 Å². The van der Waals surface area contributed by atoms with Crippen LogP contribution in [0.4, 0.5) is 26.3 Å². The molecule has 4 atom stereocenters.